The minimum absolute atomic E-state index is 0.129. The predicted molar refractivity (Wildman–Crippen MR) is 71.8 cm³/mol. The number of carbonyl (C=O) groups excluding carboxylic acids is 1. The van der Waals surface area contributed by atoms with Crippen molar-refractivity contribution in [1.82, 2.24) is 5.32 Å². The third kappa shape index (κ3) is 3.08. The van der Waals surface area contributed by atoms with Gasteiger partial charge in [-0.25, -0.2) is 4.39 Å². The number of anilines is 1. The second kappa shape index (κ2) is 5.97. The van der Waals surface area contributed by atoms with Gasteiger partial charge in [0.1, 0.15) is 5.82 Å². The normalized spacial score (nSPS) is 10.0. The van der Waals surface area contributed by atoms with Crippen LogP contribution in [0.4, 0.5) is 10.1 Å². The zero-order valence-corrected chi connectivity index (χ0v) is 10.2. The highest BCUT2D eigenvalue weighted by Gasteiger charge is 2.10. The molecule has 0 aliphatic heterocycles. The molecule has 4 nitrogen and oxygen atoms in total. The third-order valence-corrected chi connectivity index (χ3v) is 2.72. The Labute approximate surface area is 110 Å². The number of nitrogen functional groups attached to an aromatic ring is 1. The summed E-state index contributed by atoms with van der Waals surface area (Å²) in [5, 5.41) is 2.66. The SMILES string of the molecule is NNc1ccccc1C(=O)NCc1ccccc1F. The van der Waals surface area contributed by atoms with Crippen LogP contribution in [0.15, 0.2) is 48.5 Å². The zero-order valence-electron chi connectivity index (χ0n) is 10.2. The Hall–Kier alpha value is -2.40. The average Bonchev–Trinajstić information content (AvgIpc) is 2.46. The molecule has 2 aromatic carbocycles. The van der Waals surface area contributed by atoms with Crippen molar-refractivity contribution in [2.75, 3.05) is 5.43 Å². The maximum Gasteiger partial charge on any atom is 0.253 e. The quantitative estimate of drug-likeness (QED) is 0.581. The summed E-state index contributed by atoms with van der Waals surface area (Å²) in [4.78, 5) is 12.0. The van der Waals surface area contributed by atoms with Crippen LogP contribution in [0, 0.1) is 5.82 Å². The molecule has 0 spiro atoms. The highest BCUT2D eigenvalue weighted by molar-refractivity contribution is 5.99. The lowest BCUT2D eigenvalue weighted by Crippen LogP contribution is -2.25. The molecule has 0 saturated heterocycles. The van der Waals surface area contributed by atoms with Crippen molar-refractivity contribution in [3.05, 3.63) is 65.5 Å². The van der Waals surface area contributed by atoms with Gasteiger partial charge in [0.05, 0.1) is 11.3 Å². The Kier molecular flexibility index (Phi) is 4.10. The van der Waals surface area contributed by atoms with Crippen molar-refractivity contribution in [3.63, 3.8) is 0 Å². The molecular weight excluding hydrogens is 245 g/mol. The van der Waals surface area contributed by atoms with E-state index < -0.39 is 0 Å². The molecule has 2 rings (SSSR count). The van der Waals surface area contributed by atoms with Gasteiger partial charge < -0.3 is 10.7 Å². The smallest absolute Gasteiger partial charge is 0.253 e. The minimum Gasteiger partial charge on any atom is -0.348 e. The van der Waals surface area contributed by atoms with Crippen LogP contribution in [-0.2, 0) is 6.54 Å². The fourth-order valence-electron chi connectivity index (χ4n) is 1.72. The number of hydrogen-bond acceptors (Lipinski definition) is 3. The summed E-state index contributed by atoms with van der Waals surface area (Å²) in [6.07, 6.45) is 0. The molecule has 0 bridgehead atoms. The lowest BCUT2D eigenvalue weighted by atomic mass is 10.1. The van der Waals surface area contributed by atoms with Crippen LogP contribution in [0.3, 0.4) is 0 Å². The fourth-order valence-corrected chi connectivity index (χ4v) is 1.72. The molecule has 1 amide bonds. The molecule has 0 radical (unpaired) electrons. The van der Waals surface area contributed by atoms with E-state index in [1.165, 1.54) is 6.07 Å². The largest absolute Gasteiger partial charge is 0.348 e. The number of nitrogens with two attached hydrogens (primary N) is 1. The Balaban J connectivity index is 2.08. The number of rotatable bonds is 4. The van der Waals surface area contributed by atoms with Crippen LogP contribution in [0.2, 0.25) is 0 Å². The van der Waals surface area contributed by atoms with Gasteiger partial charge in [-0.15, -0.1) is 0 Å². The molecular formula is C14H14FN3O. The first kappa shape index (κ1) is 13.0. The van der Waals surface area contributed by atoms with Crippen LogP contribution >= 0.6 is 0 Å². The molecule has 0 aromatic heterocycles. The predicted octanol–water partition coefficient (Wildman–Crippen LogP) is 2.04. The number of para-hydroxylation sites is 1. The maximum atomic E-state index is 13.4. The zero-order chi connectivity index (χ0) is 13.7. The first-order chi connectivity index (χ1) is 9.22. The Morgan fingerprint density at radius 3 is 2.53 bits per heavy atom. The van der Waals surface area contributed by atoms with Crippen LogP contribution in [0.25, 0.3) is 0 Å². The molecule has 4 N–H and O–H groups in total. The molecule has 0 atom stereocenters. The average molecular weight is 259 g/mol. The summed E-state index contributed by atoms with van der Waals surface area (Å²) in [7, 11) is 0. The number of nitrogens with one attached hydrogen (secondary N) is 2. The lowest BCUT2D eigenvalue weighted by Gasteiger charge is -2.09. The van der Waals surface area contributed by atoms with Gasteiger partial charge in [0.15, 0.2) is 0 Å². The number of halogens is 1. The molecule has 19 heavy (non-hydrogen) atoms. The van der Waals surface area contributed by atoms with E-state index in [9.17, 15) is 9.18 Å². The van der Waals surface area contributed by atoms with E-state index in [0.29, 0.717) is 16.8 Å². The molecule has 0 saturated carbocycles. The van der Waals surface area contributed by atoms with Gasteiger partial charge in [-0.05, 0) is 18.2 Å². The molecule has 0 aliphatic carbocycles. The second-order valence-electron chi connectivity index (χ2n) is 3.96. The standard InChI is InChI=1S/C14H14FN3O/c15-12-7-3-1-5-10(12)9-17-14(19)11-6-2-4-8-13(11)18-16/h1-8,18H,9,16H2,(H,17,19). The van der Waals surface area contributed by atoms with Gasteiger partial charge >= 0.3 is 0 Å². The van der Waals surface area contributed by atoms with Crippen molar-refractivity contribution in [2.45, 2.75) is 6.54 Å². The summed E-state index contributed by atoms with van der Waals surface area (Å²) in [5.41, 5.74) is 3.83. The number of benzene rings is 2. The van der Waals surface area contributed by atoms with E-state index in [0.717, 1.165) is 0 Å². The van der Waals surface area contributed by atoms with Crippen LogP contribution < -0.4 is 16.6 Å². The monoisotopic (exact) mass is 259 g/mol. The van der Waals surface area contributed by atoms with Crippen LogP contribution in [0.1, 0.15) is 15.9 Å². The van der Waals surface area contributed by atoms with Crippen molar-refractivity contribution >= 4 is 11.6 Å². The van der Waals surface area contributed by atoms with Gasteiger partial charge in [-0.1, -0.05) is 30.3 Å². The van der Waals surface area contributed by atoms with E-state index in [-0.39, 0.29) is 18.3 Å². The third-order valence-electron chi connectivity index (χ3n) is 2.72. The summed E-state index contributed by atoms with van der Waals surface area (Å²) in [6.45, 7) is 0.129. The van der Waals surface area contributed by atoms with Crippen molar-refractivity contribution < 1.29 is 9.18 Å². The van der Waals surface area contributed by atoms with Crippen molar-refractivity contribution in [2.24, 2.45) is 5.84 Å². The van der Waals surface area contributed by atoms with Gasteiger partial charge in [-0.3, -0.25) is 10.6 Å². The Morgan fingerprint density at radius 1 is 1.11 bits per heavy atom. The van der Waals surface area contributed by atoms with Gasteiger partial charge in [-0.2, -0.15) is 0 Å². The molecule has 5 heteroatoms. The molecule has 0 heterocycles. The first-order valence-electron chi connectivity index (χ1n) is 5.79. The van der Waals surface area contributed by atoms with Crippen molar-refractivity contribution in [3.8, 4) is 0 Å². The summed E-state index contributed by atoms with van der Waals surface area (Å²) < 4.78 is 13.4. The number of hydrogen-bond donors (Lipinski definition) is 3. The molecule has 0 aliphatic rings. The molecule has 2 aromatic rings. The topological polar surface area (TPSA) is 67.1 Å². The first-order valence-corrected chi connectivity index (χ1v) is 5.79. The van der Waals surface area contributed by atoms with Crippen LogP contribution in [0.5, 0.6) is 0 Å². The summed E-state index contributed by atoms with van der Waals surface area (Å²) in [6, 6.07) is 13.2. The number of carbonyl (C=O) groups is 1. The maximum absolute atomic E-state index is 13.4. The molecule has 0 fully saturated rings. The Bertz CT molecular complexity index is 586. The van der Waals surface area contributed by atoms with Crippen LogP contribution in [-0.4, -0.2) is 5.91 Å². The number of hydrazine groups is 1. The lowest BCUT2D eigenvalue weighted by molar-refractivity contribution is 0.0951. The summed E-state index contributed by atoms with van der Waals surface area (Å²) in [5.74, 6) is 4.68. The van der Waals surface area contributed by atoms with E-state index in [1.807, 2.05) is 0 Å². The van der Waals surface area contributed by atoms with Gasteiger partial charge in [0.2, 0.25) is 0 Å². The van der Waals surface area contributed by atoms with Gasteiger partial charge in [0.25, 0.3) is 5.91 Å². The second-order valence-corrected chi connectivity index (χ2v) is 3.96. The van der Waals surface area contributed by atoms with E-state index in [1.54, 1.807) is 42.5 Å². The Morgan fingerprint density at radius 2 is 1.79 bits per heavy atom. The van der Waals surface area contributed by atoms with Gasteiger partial charge in [0, 0.05) is 12.1 Å². The molecule has 0 unspecified atom stereocenters. The minimum atomic E-state index is -0.340. The van der Waals surface area contributed by atoms with E-state index in [2.05, 4.69) is 10.7 Å². The highest BCUT2D eigenvalue weighted by Crippen LogP contribution is 2.13. The summed E-state index contributed by atoms with van der Waals surface area (Å²) >= 11 is 0. The fraction of sp³-hybridized carbons (Fsp3) is 0.0714. The number of amides is 1. The van der Waals surface area contributed by atoms with E-state index in [4.69, 9.17) is 5.84 Å². The van der Waals surface area contributed by atoms with E-state index >= 15 is 0 Å². The molecule has 98 valence electrons. The van der Waals surface area contributed by atoms with Crippen molar-refractivity contribution in [1.29, 1.82) is 0 Å². The highest BCUT2D eigenvalue weighted by atomic mass is 19.1.